The molecule has 0 saturated carbocycles. The first-order valence-corrected chi connectivity index (χ1v) is 5.38. The van der Waals surface area contributed by atoms with Crippen LogP contribution in [-0.2, 0) is 6.42 Å². The van der Waals surface area contributed by atoms with Gasteiger partial charge >= 0.3 is 0 Å². The minimum absolute atomic E-state index is 0.616. The predicted octanol–water partition coefficient (Wildman–Crippen LogP) is 2.79. The third-order valence-electron chi connectivity index (χ3n) is 1.52. The Balaban J connectivity index is 2.14. The quantitative estimate of drug-likeness (QED) is 0.832. The van der Waals surface area contributed by atoms with Crippen molar-refractivity contribution in [3.8, 4) is 0 Å². The van der Waals surface area contributed by atoms with Crippen molar-refractivity contribution in [1.82, 2.24) is 10.2 Å². The first-order valence-electron chi connectivity index (χ1n) is 3.77. The van der Waals surface area contributed by atoms with Gasteiger partial charge < -0.3 is 4.42 Å². The van der Waals surface area contributed by atoms with E-state index in [2.05, 4.69) is 26.1 Å². The molecule has 0 spiro atoms. The molecule has 0 aromatic carbocycles. The van der Waals surface area contributed by atoms with E-state index >= 15 is 0 Å². The van der Waals surface area contributed by atoms with Gasteiger partial charge in [0.15, 0.2) is 0 Å². The lowest BCUT2D eigenvalue weighted by Crippen LogP contribution is -1.83. The number of halogens is 1. The van der Waals surface area contributed by atoms with Crippen molar-refractivity contribution in [1.29, 1.82) is 0 Å². The first-order chi connectivity index (χ1) is 6.24. The van der Waals surface area contributed by atoms with E-state index in [0.29, 0.717) is 11.8 Å². The molecule has 0 aliphatic carbocycles. The summed E-state index contributed by atoms with van der Waals surface area (Å²) in [4.78, 5) is 1.22. The topological polar surface area (TPSA) is 38.9 Å². The Morgan fingerprint density at radius 3 is 2.85 bits per heavy atom. The summed E-state index contributed by atoms with van der Waals surface area (Å²) in [5.41, 5.74) is 0. The van der Waals surface area contributed by atoms with Gasteiger partial charge in [-0.1, -0.05) is 0 Å². The van der Waals surface area contributed by atoms with E-state index in [9.17, 15) is 0 Å². The van der Waals surface area contributed by atoms with Gasteiger partial charge in [0.05, 0.1) is 10.2 Å². The number of aryl methyl sites for hydroxylation is 1. The van der Waals surface area contributed by atoms with Gasteiger partial charge in [-0.15, -0.1) is 21.5 Å². The fraction of sp³-hybridized carbons (Fsp3) is 0.250. The summed E-state index contributed by atoms with van der Waals surface area (Å²) in [6.07, 6.45) is 0.719. The number of hydrogen-bond acceptors (Lipinski definition) is 4. The molecule has 0 saturated heterocycles. The van der Waals surface area contributed by atoms with Crippen molar-refractivity contribution in [2.45, 2.75) is 13.3 Å². The van der Waals surface area contributed by atoms with Crippen LogP contribution in [0.2, 0.25) is 0 Å². The maximum atomic E-state index is 5.27. The first kappa shape index (κ1) is 8.90. The molecule has 2 rings (SSSR count). The summed E-state index contributed by atoms with van der Waals surface area (Å²) >= 11 is 5.08. The highest BCUT2D eigenvalue weighted by atomic mass is 79.9. The fourth-order valence-electron chi connectivity index (χ4n) is 1.00. The minimum atomic E-state index is 0.616. The Morgan fingerprint density at radius 2 is 2.31 bits per heavy atom. The summed E-state index contributed by atoms with van der Waals surface area (Å²) in [6.45, 7) is 1.79. The largest absolute Gasteiger partial charge is 0.425 e. The van der Waals surface area contributed by atoms with Crippen LogP contribution in [0.15, 0.2) is 20.3 Å². The van der Waals surface area contributed by atoms with Crippen LogP contribution < -0.4 is 0 Å². The Kier molecular flexibility index (Phi) is 2.46. The lowest BCUT2D eigenvalue weighted by molar-refractivity contribution is 0.478. The van der Waals surface area contributed by atoms with Crippen molar-refractivity contribution < 1.29 is 4.42 Å². The molecule has 0 fully saturated rings. The number of nitrogens with zero attached hydrogens (tertiary/aromatic N) is 2. The monoisotopic (exact) mass is 258 g/mol. The summed E-state index contributed by atoms with van der Waals surface area (Å²) in [5.74, 6) is 1.29. The molecule has 0 amide bonds. The second-order valence-electron chi connectivity index (χ2n) is 2.60. The average molecular weight is 259 g/mol. The zero-order valence-corrected chi connectivity index (χ0v) is 9.35. The van der Waals surface area contributed by atoms with Crippen molar-refractivity contribution >= 4 is 27.3 Å². The second-order valence-corrected chi connectivity index (χ2v) is 5.14. The van der Waals surface area contributed by atoms with Crippen LogP contribution in [0.5, 0.6) is 0 Å². The molecule has 0 radical (unpaired) electrons. The summed E-state index contributed by atoms with van der Waals surface area (Å²) in [5, 5.41) is 7.69. The molecule has 5 heteroatoms. The lowest BCUT2D eigenvalue weighted by atomic mass is 10.3. The molecule has 68 valence electrons. The minimum Gasteiger partial charge on any atom is -0.425 e. The number of hydrogen-bond donors (Lipinski definition) is 0. The van der Waals surface area contributed by atoms with E-state index in [1.165, 1.54) is 4.88 Å². The third kappa shape index (κ3) is 2.16. The van der Waals surface area contributed by atoms with Crippen molar-refractivity contribution in [2.24, 2.45) is 0 Å². The highest BCUT2D eigenvalue weighted by Gasteiger charge is 2.05. The molecule has 13 heavy (non-hydrogen) atoms. The van der Waals surface area contributed by atoms with Crippen LogP contribution in [0.1, 0.15) is 16.7 Å². The highest BCUT2D eigenvalue weighted by Crippen LogP contribution is 2.23. The standard InChI is InChI=1S/C8H7BrN2OS/c1-5-10-11-8(12-5)4-6-2-3-7(9)13-6/h2-3H,4H2,1H3. The summed E-state index contributed by atoms with van der Waals surface area (Å²) < 4.78 is 6.39. The Bertz CT molecular complexity index is 371. The van der Waals surface area contributed by atoms with Crippen LogP contribution >= 0.6 is 27.3 Å². The molecule has 0 unspecified atom stereocenters. The Morgan fingerprint density at radius 1 is 1.46 bits per heavy atom. The molecule has 0 N–H and O–H groups in total. The zero-order chi connectivity index (χ0) is 9.26. The lowest BCUT2D eigenvalue weighted by Gasteiger charge is -1.88. The van der Waals surface area contributed by atoms with Gasteiger partial charge in [0.2, 0.25) is 11.8 Å². The number of aromatic nitrogens is 2. The fourth-order valence-corrected chi connectivity index (χ4v) is 2.48. The van der Waals surface area contributed by atoms with E-state index in [0.717, 1.165) is 10.2 Å². The van der Waals surface area contributed by atoms with Gasteiger partial charge in [-0.05, 0) is 28.1 Å². The van der Waals surface area contributed by atoms with E-state index in [1.807, 2.05) is 12.1 Å². The summed E-state index contributed by atoms with van der Waals surface area (Å²) in [6, 6.07) is 4.07. The Hall–Kier alpha value is -0.680. The molecule has 0 bridgehead atoms. The normalized spacial score (nSPS) is 10.6. The summed E-state index contributed by atoms with van der Waals surface area (Å²) in [7, 11) is 0. The molecular formula is C8H7BrN2OS. The van der Waals surface area contributed by atoms with Crippen molar-refractivity contribution in [3.05, 3.63) is 32.6 Å². The van der Waals surface area contributed by atoms with Crippen molar-refractivity contribution in [3.63, 3.8) is 0 Å². The van der Waals surface area contributed by atoms with E-state index in [4.69, 9.17) is 4.42 Å². The van der Waals surface area contributed by atoms with Gasteiger partial charge in [0, 0.05) is 11.8 Å². The van der Waals surface area contributed by atoms with Crippen LogP contribution in [0.3, 0.4) is 0 Å². The van der Waals surface area contributed by atoms with Gasteiger partial charge in [-0.2, -0.15) is 0 Å². The molecule has 2 heterocycles. The molecule has 2 aromatic heterocycles. The molecule has 0 atom stereocenters. The smallest absolute Gasteiger partial charge is 0.221 e. The molecular weight excluding hydrogens is 252 g/mol. The van der Waals surface area contributed by atoms with Crippen LogP contribution in [0.25, 0.3) is 0 Å². The average Bonchev–Trinajstić information content (AvgIpc) is 2.62. The molecule has 0 aliphatic heterocycles. The van der Waals surface area contributed by atoms with Gasteiger partial charge in [0.1, 0.15) is 0 Å². The Labute approximate surface area is 87.9 Å². The third-order valence-corrected chi connectivity index (χ3v) is 3.15. The van der Waals surface area contributed by atoms with Crippen LogP contribution in [0.4, 0.5) is 0 Å². The van der Waals surface area contributed by atoms with Crippen LogP contribution in [0, 0.1) is 6.92 Å². The van der Waals surface area contributed by atoms with Crippen molar-refractivity contribution in [2.75, 3.05) is 0 Å². The molecule has 3 nitrogen and oxygen atoms in total. The zero-order valence-electron chi connectivity index (χ0n) is 6.95. The molecule has 2 aromatic rings. The SMILES string of the molecule is Cc1nnc(Cc2ccc(Br)s2)o1. The maximum absolute atomic E-state index is 5.27. The van der Waals surface area contributed by atoms with E-state index < -0.39 is 0 Å². The predicted molar refractivity (Wildman–Crippen MR) is 53.9 cm³/mol. The van der Waals surface area contributed by atoms with Gasteiger partial charge in [0.25, 0.3) is 0 Å². The van der Waals surface area contributed by atoms with E-state index in [1.54, 1.807) is 18.3 Å². The second kappa shape index (κ2) is 3.59. The molecule has 0 aliphatic rings. The number of thiophene rings is 1. The van der Waals surface area contributed by atoms with Gasteiger partial charge in [-0.3, -0.25) is 0 Å². The van der Waals surface area contributed by atoms with Gasteiger partial charge in [-0.25, -0.2) is 0 Å². The van der Waals surface area contributed by atoms with E-state index in [-0.39, 0.29) is 0 Å². The number of rotatable bonds is 2. The van der Waals surface area contributed by atoms with Crippen LogP contribution in [-0.4, -0.2) is 10.2 Å². The highest BCUT2D eigenvalue weighted by molar-refractivity contribution is 9.11. The maximum Gasteiger partial charge on any atom is 0.221 e.